The van der Waals surface area contributed by atoms with Gasteiger partial charge in [-0.3, -0.25) is 0 Å². The molecule has 2 heterocycles. The molecule has 13 heavy (non-hydrogen) atoms. The third kappa shape index (κ3) is 3.96. The van der Waals surface area contributed by atoms with Crippen LogP contribution in [-0.4, -0.2) is 4.98 Å². The van der Waals surface area contributed by atoms with E-state index in [2.05, 4.69) is 11.9 Å². The first-order valence-corrected chi connectivity index (χ1v) is 4.02. The topological polar surface area (TPSA) is 42.7 Å². The molecule has 0 aromatic carbocycles. The number of pyridine rings is 1. The van der Waals surface area contributed by atoms with Crippen LogP contribution in [0.25, 0.3) is 0 Å². The SMILES string of the molecule is Cc1cc[nH]c1.[O-][n+]1ccccc1. The van der Waals surface area contributed by atoms with E-state index in [0.29, 0.717) is 0 Å². The molecule has 0 radical (unpaired) electrons. The molecule has 2 aromatic rings. The number of nitrogens with zero attached hydrogens (tertiary/aromatic N) is 1. The Balaban J connectivity index is 0.000000132. The number of rotatable bonds is 0. The summed E-state index contributed by atoms with van der Waals surface area (Å²) in [4.78, 5) is 2.93. The lowest BCUT2D eigenvalue weighted by atomic mass is 10.4. The highest BCUT2D eigenvalue weighted by molar-refractivity contribution is 5.03. The van der Waals surface area contributed by atoms with Gasteiger partial charge in [0, 0.05) is 24.5 Å². The van der Waals surface area contributed by atoms with Crippen LogP contribution in [0, 0.1) is 12.1 Å². The first-order chi connectivity index (χ1) is 6.29. The molecule has 0 unspecified atom stereocenters. The number of H-pyrrole nitrogens is 1. The molecule has 1 N–H and O–H groups in total. The summed E-state index contributed by atoms with van der Waals surface area (Å²) in [5.74, 6) is 0. The summed E-state index contributed by atoms with van der Waals surface area (Å²) in [5, 5.41) is 10.2. The normalized spacial score (nSPS) is 8.69. The van der Waals surface area contributed by atoms with Crippen molar-refractivity contribution in [2.75, 3.05) is 0 Å². The van der Waals surface area contributed by atoms with Crippen molar-refractivity contribution < 1.29 is 4.73 Å². The van der Waals surface area contributed by atoms with Crippen LogP contribution in [0.4, 0.5) is 0 Å². The number of hydrogen-bond acceptors (Lipinski definition) is 1. The van der Waals surface area contributed by atoms with Gasteiger partial charge in [0.2, 0.25) is 0 Å². The lowest BCUT2D eigenvalue weighted by Crippen LogP contribution is -2.22. The lowest BCUT2D eigenvalue weighted by Gasteiger charge is -1.88. The molecule has 0 aliphatic carbocycles. The van der Waals surface area contributed by atoms with E-state index in [-0.39, 0.29) is 0 Å². The molecule has 0 fully saturated rings. The van der Waals surface area contributed by atoms with E-state index in [1.807, 2.05) is 18.5 Å². The highest BCUT2D eigenvalue weighted by Crippen LogP contribution is 1.88. The minimum atomic E-state index is 0.750. The molecule has 2 aromatic heterocycles. The highest BCUT2D eigenvalue weighted by atomic mass is 16.5. The van der Waals surface area contributed by atoms with Gasteiger partial charge in [-0.25, -0.2) is 0 Å². The van der Waals surface area contributed by atoms with Crippen molar-refractivity contribution in [3.8, 4) is 0 Å². The van der Waals surface area contributed by atoms with Gasteiger partial charge in [-0.2, -0.15) is 4.73 Å². The van der Waals surface area contributed by atoms with E-state index in [1.54, 1.807) is 18.2 Å². The fraction of sp³-hybridized carbons (Fsp3) is 0.100. The summed E-state index contributed by atoms with van der Waals surface area (Å²) in [6.07, 6.45) is 6.76. The first kappa shape index (κ1) is 9.32. The first-order valence-electron chi connectivity index (χ1n) is 4.02. The predicted molar refractivity (Wildman–Crippen MR) is 50.9 cm³/mol. The largest absolute Gasteiger partial charge is 0.619 e. The molecule has 0 bridgehead atoms. The van der Waals surface area contributed by atoms with Crippen LogP contribution in [-0.2, 0) is 0 Å². The summed E-state index contributed by atoms with van der Waals surface area (Å²) < 4.78 is 0.750. The summed E-state index contributed by atoms with van der Waals surface area (Å²) in [6, 6.07) is 7.20. The average molecular weight is 176 g/mol. The molecule has 0 atom stereocenters. The van der Waals surface area contributed by atoms with E-state index >= 15 is 0 Å². The van der Waals surface area contributed by atoms with Gasteiger partial charge < -0.3 is 10.2 Å². The maximum Gasteiger partial charge on any atom is 0.180 e. The lowest BCUT2D eigenvalue weighted by molar-refractivity contribution is -0.605. The standard InChI is InChI=1S/C5H5NO.C5H7N/c7-6-4-2-1-3-5-6;1-5-2-3-6-4-5/h1-5H;2-4,6H,1H3. The zero-order valence-corrected chi connectivity index (χ0v) is 7.47. The Bertz CT molecular complexity index is 316. The van der Waals surface area contributed by atoms with Crippen LogP contribution in [0.5, 0.6) is 0 Å². The van der Waals surface area contributed by atoms with Crippen molar-refractivity contribution in [1.29, 1.82) is 0 Å². The summed E-state index contributed by atoms with van der Waals surface area (Å²) in [5.41, 5.74) is 1.29. The third-order valence-electron chi connectivity index (χ3n) is 1.44. The Morgan fingerprint density at radius 3 is 2.15 bits per heavy atom. The van der Waals surface area contributed by atoms with Gasteiger partial charge in [0.05, 0.1) is 0 Å². The Hall–Kier alpha value is -1.77. The van der Waals surface area contributed by atoms with Crippen molar-refractivity contribution in [2.45, 2.75) is 6.92 Å². The summed E-state index contributed by atoms with van der Waals surface area (Å²) in [6.45, 7) is 2.05. The second kappa shape index (κ2) is 4.98. The average Bonchev–Trinajstić information content (AvgIpc) is 2.58. The third-order valence-corrected chi connectivity index (χ3v) is 1.44. The maximum atomic E-state index is 10.2. The van der Waals surface area contributed by atoms with E-state index in [1.165, 1.54) is 18.0 Å². The van der Waals surface area contributed by atoms with Crippen molar-refractivity contribution in [2.24, 2.45) is 0 Å². The summed E-state index contributed by atoms with van der Waals surface area (Å²) >= 11 is 0. The van der Waals surface area contributed by atoms with Gasteiger partial charge >= 0.3 is 0 Å². The predicted octanol–water partition coefficient (Wildman–Crippen LogP) is 1.64. The fourth-order valence-electron chi connectivity index (χ4n) is 0.790. The molecule has 68 valence electrons. The number of aryl methyl sites for hydroxylation is 1. The Labute approximate surface area is 77.2 Å². The minimum absolute atomic E-state index is 0.750. The van der Waals surface area contributed by atoms with Gasteiger partial charge in [0.15, 0.2) is 12.4 Å². The van der Waals surface area contributed by atoms with Crippen LogP contribution >= 0.6 is 0 Å². The van der Waals surface area contributed by atoms with Gasteiger partial charge in [-0.15, -0.1) is 0 Å². The molecule has 0 spiro atoms. The number of aromatic amines is 1. The molecule has 3 nitrogen and oxygen atoms in total. The molecular weight excluding hydrogens is 164 g/mol. The Kier molecular flexibility index (Phi) is 3.57. The van der Waals surface area contributed by atoms with Gasteiger partial charge in [-0.1, -0.05) is 6.07 Å². The monoisotopic (exact) mass is 176 g/mol. The number of hydrogen-bond donors (Lipinski definition) is 1. The molecule has 3 heteroatoms. The highest BCUT2D eigenvalue weighted by Gasteiger charge is 1.75. The molecule has 0 aliphatic heterocycles. The number of aromatic nitrogens is 2. The van der Waals surface area contributed by atoms with E-state index in [0.717, 1.165) is 4.73 Å². The van der Waals surface area contributed by atoms with Crippen LogP contribution in [0.2, 0.25) is 0 Å². The van der Waals surface area contributed by atoms with Gasteiger partial charge in [-0.05, 0) is 18.6 Å². The molecule has 0 aliphatic rings. The van der Waals surface area contributed by atoms with Crippen LogP contribution < -0.4 is 4.73 Å². The van der Waals surface area contributed by atoms with E-state index in [4.69, 9.17) is 0 Å². The maximum absolute atomic E-state index is 10.2. The molecular formula is C10H12N2O. The minimum Gasteiger partial charge on any atom is -0.619 e. The molecule has 0 saturated carbocycles. The second-order valence-electron chi connectivity index (χ2n) is 2.62. The van der Waals surface area contributed by atoms with Crippen molar-refractivity contribution in [1.82, 2.24) is 4.98 Å². The van der Waals surface area contributed by atoms with Gasteiger partial charge in [0.1, 0.15) is 0 Å². The van der Waals surface area contributed by atoms with Crippen LogP contribution in [0.1, 0.15) is 5.56 Å². The summed E-state index contributed by atoms with van der Waals surface area (Å²) in [7, 11) is 0. The zero-order valence-electron chi connectivity index (χ0n) is 7.47. The van der Waals surface area contributed by atoms with Crippen molar-refractivity contribution in [3.05, 3.63) is 59.8 Å². The van der Waals surface area contributed by atoms with E-state index < -0.39 is 0 Å². The molecule has 0 saturated heterocycles. The molecule has 0 amide bonds. The molecule has 2 rings (SSSR count). The fourth-order valence-corrected chi connectivity index (χ4v) is 0.790. The van der Waals surface area contributed by atoms with Gasteiger partial charge in [0.25, 0.3) is 0 Å². The number of nitrogens with one attached hydrogen (secondary N) is 1. The van der Waals surface area contributed by atoms with E-state index in [9.17, 15) is 5.21 Å². The Morgan fingerprint density at radius 1 is 1.23 bits per heavy atom. The van der Waals surface area contributed by atoms with Crippen LogP contribution in [0.3, 0.4) is 0 Å². The van der Waals surface area contributed by atoms with Crippen LogP contribution in [0.15, 0.2) is 49.1 Å². The van der Waals surface area contributed by atoms with Crippen molar-refractivity contribution in [3.63, 3.8) is 0 Å². The Morgan fingerprint density at radius 2 is 1.92 bits per heavy atom. The zero-order chi connectivity index (χ0) is 9.52. The van der Waals surface area contributed by atoms with Crippen molar-refractivity contribution >= 4 is 0 Å². The second-order valence-corrected chi connectivity index (χ2v) is 2.62. The quantitative estimate of drug-likeness (QED) is 0.481. The smallest absolute Gasteiger partial charge is 0.180 e.